The number of hydrogen-bond acceptors (Lipinski definition) is 4. The third-order valence-corrected chi connectivity index (χ3v) is 2.89. The minimum Gasteiger partial charge on any atom is -0.493 e. The van der Waals surface area contributed by atoms with Gasteiger partial charge in [-0.05, 0) is 37.1 Å². The molecule has 4 nitrogen and oxygen atoms in total. The molecular formula is C17H24O4. The highest BCUT2D eigenvalue weighted by atomic mass is 16.5. The molecule has 0 N–H and O–H groups in total. The third-order valence-electron chi connectivity index (χ3n) is 2.89. The van der Waals surface area contributed by atoms with Crippen molar-refractivity contribution in [1.82, 2.24) is 0 Å². The van der Waals surface area contributed by atoms with Crippen molar-refractivity contribution in [3.63, 3.8) is 0 Å². The lowest BCUT2D eigenvalue weighted by Gasteiger charge is -2.11. The quantitative estimate of drug-likeness (QED) is 0.394. The van der Waals surface area contributed by atoms with E-state index < -0.39 is 0 Å². The van der Waals surface area contributed by atoms with Crippen LogP contribution in [0.15, 0.2) is 24.3 Å². The van der Waals surface area contributed by atoms with Crippen LogP contribution in [-0.2, 0) is 9.53 Å². The summed E-state index contributed by atoms with van der Waals surface area (Å²) in [5, 5.41) is 0. The molecule has 0 spiro atoms. The summed E-state index contributed by atoms with van der Waals surface area (Å²) >= 11 is 0. The van der Waals surface area contributed by atoms with Crippen LogP contribution in [0, 0.1) is 0 Å². The normalized spacial score (nSPS) is 10.6. The van der Waals surface area contributed by atoms with E-state index in [9.17, 15) is 4.79 Å². The molecule has 116 valence electrons. The van der Waals surface area contributed by atoms with Gasteiger partial charge in [-0.3, -0.25) is 0 Å². The number of hydrogen-bond donors (Lipinski definition) is 0. The highest BCUT2D eigenvalue weighted by Gasteiger charge is 2.05. The Balaban J connectivity index is 2.67. The van der Waals surface area contributed by atoms with Gasteiger partial charge in [0.05, 0.1) is 20.3 Å². The van der Waals surface area contributed by atoms with Crippen LogP contribution in [0.2, 0.25) is 0 Å². The number of methoxy groups -OCH3 is 1. The van der Waals surface area contributed by atoms with Crippen molar-refractivity contribution < 1.29 is 19.0 Å². The Hall–Kier alpha value is -1.97. The van der Waals surface area contributed by atoms with E-state index in [1.54, 1.807) is 20.1 Å². The minimum absolute atomic E-state index is 0.351. The van der Waals surface area contributed by atoms with E-state index in [-0.39, 0.29) is 5.97 Å². The van der Waals surface area contributed by atoms with Gasteiger partial charge in [0.15, 0.2) is 11.5 Å². The molecule has 0 aromatic heterocycles. The molecule has 0 aliphatic carbocycles. The van der Waals surface area contributed by atoms with Gasteiger partial charge < -0.3 is 14.2 Å². The van der Waals surface area contributed by atoms with E-state index in [2.05, 4.69) is 6.92 Å². The molecule has 0 heterocycles. The summed E-state index contributed by atoms with van der Waals surface area (Å²) in [6.45, 7) is 4.99. The van der Waals surface area contributed by atoms with Gasteiger partial charge in [0, 0.05) is 6.08 Å². The predicted octanol–water partition coefficient (Wildman–Crippen LogP) is 3.84. The summed E-state index contributed by atoms with van der Waals surface area (Å²) in [5.41, 5.74) is 0.862. The first-order valence-electron chi connectivity index (χ1n) is 7.37. The molecule has 1 rings (SSSR count). The third kappa shape index (κ3) is 6.34. The second-order valence-corrected chi connectivity index (χ2v) is 4.55. The molecular weight excluding hydrogens is 268 g/mol. The van der Waals surface area contributed by atoms with Gasteiger partial charge in [-0.1, -0.05) is 25.8 Å². The van der Waals surface area contributed by atoms with Gasteiger partial charge >= 0.3 is 5.97 Å². The van der Waals surface area contributed by atoms with Gasteiger partial charge in [0.25, 0.3) is 0 Å². The molecule has 0 saturated heterocycles. The molecule has 4 heteroatoms. The monoisotopic (exact) mass is 292 g/mol. The standard InChI is InChI=1S/C17H24O4/c1-4-6-7-12-21-15-10-8-14(13-16(15)19-3)9-11-17(18)20-5-2/h8-11,13H,4-7,12H2,1-3H3/b11-9+. The maximum absolute atomic E-state index is 11.3. The number of unbranched alkanes of at least 4 members (excludes halogenated alkanes) is 2. The van der Waals surface area contributed by atoms with E-state index in [4.69, 9.17) is 14.2 Å². The zero-order chi connectivity index (χ0) is 15.5. The van der Waals surface area contributed by atoms with E-state index in [1.807, 2.05) is 18.2 Å². The zero-order valence-electron chi connectivity index (χ0n) is 13.1. The number of rotatable bonds is 9. The van der Waals surface area contributed by atoms with Gasteiger partial charge in [0.1, 0.15) is 0 Å². The average Bonchev–Trinajstić information content (AvgIpc) is 2.50. The van der Waals surface area contributed by atoms with Crippen LogP contribution in [0.3, 0.4) is 0 Å². The van der Waals surface area contributed by atoms with Crippen molar-refractivity contribution in [2.75, 3.05) is 20.3 Å². The predicted molar refractivity (Wildman–Crippen MR) is 83.7 cm³/mol. The van der Waals surface area contributed by atoms with Crippen LogP contribution in [0.1, 0.15) is 38.7 Å². The molecule has 0 aliphatic rings. The van der Waals surface area contributed by atoms with Crippen LogP contribution < -0.4 is 9.47 Å². The van der Waals surface area contributed by atoms with Gasteiger partial charge in [0.2, 0.25) is 0 Å². The molecule has 0 radical (unpaired) electrons. The van der Waals surface area contributed by atoms with Crippen molar-refractivity contribution >= 4 is 12.0 Å². The average molecular weight is 292 g/mol. The van der Waals surface area contributed by atoms with Gasteiger partial charge in [-0.15, -0.1) is 0 Å². The number of esters is 1. The van der Waals surface area contributed by atoms with Gasteiger partial charge in [-0.2, -0.15) is 0 Å². The second kappa shape index (κ2) is 9.86. The van der Waals surface area contributed by atoms with Crippen molar-refractivity contribution in [3.8, 4) is 11.5 Å². The Bertz CT molecular complexity index is 466. The summed E-state index contributed by atoms with van der Waals surface area (Å²) in [6, 6.07) is 5.58. The Kier molecular flexibility index (Phi) is 8.02. The molecule has 0 bridgehead atoms. The summed E-state index contributed by atoms with van der Waals surface area (Å²) in [6.07, 6.45) is 6.45. The lowest BCUT2D eigenvalue weighted by molar-refractivity contribution is -0.137. The van der Waals surface area contributed by atoms with Crippen LogP contribution in [0.5, 0.6) is 11.5 Å². The summed E-state index contributed by atoms with van der Waals surface area (Å²) in [5.74, 6) is 1.04. The molecule has 0 aliphatic heterocycles. The maximum Gasteiger partial charge on any atom is 0.330 e. The maximum atomic E-state index is 11.3. The molecule has 0 unspecified atom stereocenters. The van der Waals surface area contributed by atoms with E-state index in [1.165, 1.54) is 6.08 Å². The molecule has 1 aromatic rings. The Morgan fingerprint density at radius 3 is 2.67 bits per heavy atom. The zero-order valence-corrected chi connectivity index (χ0v) is 13.1. The lowest BCUT2D eigenvalue weighted by Crippen LogP contribution is -2.00. The second-order valence-electron chi connectivity index (χ2n) is 4.55. The van der Waals surface area contributed by atoms with Crippen LogP contribution in [0.25, 0.3) is 6.08 Å². The van der Waals surface area contributed by atoms with E-state index in [0.29, 0.717) is 19.0 Å². The molecule has 0 atom stereocenters. The molecule has 0 fully saturated rings. The smallest absolute Gasteiger partial charge is 0.330 e. The molecule has 21 heavy (non-hydrogen) atoms. The highest BCUT2D eigenvalue weighted by molar-refractivity contribution is 5.87. The summed E-state index contributed by atoms with van der Waals surface area (Å²) in [7, 11) is 1.60. The first-order valence-corrected chi connectivity index (χ1v) is 7.37. The fourth-order valence-corrected chi connectivity index (χ4v) is 1.80. The Morgan fingerprint density at radius 1 is 1.19 bits per heavy atom. The number of ether oxygens (including phenoxy) is 3. The van der Waals surface area contributed by atoms with E-state index >= 15 is 0 Å². The number of carbonyl (C=O) groups excluding carboxylic acids is 1. The fourth-order valence-electron chi connectivity index (χ4n) is 1.80. The molecule has 1 aromatic carbocycles. The highest BCUT2D eigenvalue weighted by Crippen LogP contribution is 2.28. The summed E-state index contributed by atoms with van der Waals surface area (Å²) < 4.78 is 15.9. The Labute approximate surface area is 126 Å². The minimum atomic E-state index is -0.351. The lowest BCUT2D eigenvalue weighted by atomic mass is 10.2. The first kappa shape index (κ1) is 17.1. The Morgan fingerprint density at radius 2 is 2.00 bits per heavy atom. The van der Waals surface area contributed by atoms with Crippen LogP contribution in [-0.4, -0.2) is 26.3 Å². The van der Waals surface area contributed by atoms with Crippen LogP contribution in [0.4, 0.5) is 0 Å². The SMILES string of the molecule is CCCCCOc1ccc(/C=C/C(=O)OCC)cc1OC. The topological polar surface area (TPSA) is 44.8 Å². The van der Waals surface area contributed by atoms with Crippen molar-refractivity contribution in [3.05, 3.63) is 29.8 Å². The number of benzene rings is 1. The van der Waals surface area contributed by atoms with Gasteiger partial charge in [-0.25, -0.2) is 4.79 Å². The van der Waals surface area contributed by atoms with E-state index in [0.717, 1.165) is 30.6 Å². The van der Waals surface area contributed by atoms with Crippen molar-refractivity contribution in [1.29, 1.82) is 0 Å². The van der Waals surface area contributed by atoms with Crippen molar-refractivity contribution in [2.24, 2.45) is 0 Å². The molecule has 0 saturated carbocycles. The van der Waals surface area contributed by atoms with Crippen molar-refractivity contribution in [2.45, 2.75) is 33.1 Å². The largest absolute Gasteiger partial charge is 0.493 e. The number of carbonyl (C=O) groups is 1. The van der Waals surface area contributed by atoms with Crippen LogP contribution >= 0.6 is 0 Å². The fraction of sp³-hybridized carbons (Fsp3) is 0.471. The first-order chi connectivity index (χ1) is 10.2. The summed E-state index contributed by atoms with van der Waals surface area (Å²) in [4.78, 5) is 11.3. The molecule has 0 amide bonds.